The molecule has 0 aliphatic carbocycles. The smallest absolute Gasteiger partial charge is 0.262 e. The van der Waals surface area contributed by atoms with Crippen molar-refractivity contribution in [3.05, 3.63) is 69.6 Å². The van der Waals surface area contributed by atoms with Gasteiger partial charge in [0, 0.05) is 37.3 Å². The zero-order valence-corrected chi connectivity index (χ0v) is 18.4. The van der Waals surface area contributed by atoms with Gasteiger partial charge in [-0.3, -0.25) is 24.1 Å². The lowest BCUT2D eigenvalue weighted by Gasteiger charge is -2.44. The first-order valence-electron chi connectivity index (χ1n) is 11.3. The number of aromatic nitrogens is 1. The molecular formula is C25H27N3O4. The molecule has 3 aliphatic heterocycles. The van der Waals surface area contributed by atoms with Gasteiger partial charge in [-0.25, -0.2) is 0 Å². The number of piperidine rings is 1. The molecule has 1 fully saturated rings. The number of rotatable bonds is 4. The summed E-state index contributed by atoms with van der Waals surface area (Å²) in [6.07, 6.45) is 1.36. The summed E-state index contributed by atoms with van der Waals surface area (Å²) in [6.45, 7) is 5.61. The molecule has 3 amide bonds. The number of hydrogen-bond donors (Lipinski definition) is 0. The zero-order chi connectivity index (χ0) is 22.6. The summed E-state index contributed by atoms with van der Waals surface area (Å²) in [5.74, 6) is -0.543. The van der Waals surface area contributed by atoms with Crippen LogP contribution in [-0.4, -0.2) is 51.2 Å². The molecule has 7 heteroatoms. The van der Waals surface area contributed by atoms with Gasteiger partial charge in [0.15, 0.2) is 0 Å². The Balaban J connectivity index is 1.45. The fraction of sp³-hybridized carbons (Fsp3) is 0.440. The minimum Gasteiger partial charge on any atom is -0.340 e. The third-order valence-corrected chi connectivity index (χ3v) is 6.91. The minimum atomic E-state index is -0.820. The van der Waals surface area contributed by atoms with E-state index in [1.54, 1.807) is 36.4 Å². The average Bonchev–Trinajstić information content (AvgIpc) is 3.02. The topological polar surface area (TPSA) is 79.7 Å². The van der Waals surface area contributed by atoms with Crippen LogP contribution in [0.3, 0.4) is 0 Å². The van der Waals surface area contributed by atoms with Crippen molar-refractivity contribution in [1.29, 1.82) is 0 Å². The Kier molecular flexibility index (Phi) is 4.99. The van der Waals surface area contributed by atoms with Crippen LogP contribution in [-0.2, 0) is 11.3 Å². The number of imide groups is 1. The molecular weight excluding hydrogens is 406 g/mol. The van der Waals surface area contributed by atoms with Gasteiger partial charge in [-0.2, -0.15) is 0 Å². The first-order chi connectivity index (χ1) is 15.3. The van der Waals surface area contributed by atoms with Crippen molar-refractivity contribution in [3.8, 4) is 0 Å². The molecule has 3 atom stereocenters. The lowest BCUT2D eigenvalue weighted by atomic mass is 9.82. The Morgan fingerprint density at radius 2 is 1.62 bits per heavy atom. The van der Waals surface area contributed by atoms with E-state index in [1.807, 2.05) is 29.4 Å². The second kappa shape index (κ2) is 7.73. The van der Waals surface area contributed by atoms with Crippen LogP contribution >= 0.6 is 0 Å². The molecule has 0 spiro atoms. The van der Waals surface area contributed by atoms with Crippen LogP contribution in [0, 0.1) is 11.8 Å². The molecule has 1 unspecified atom stereocenters. The molecule has 0 N–H and O–H groups in total. The van der Waals surface area contributed by atoms with Crippen molar-refractivity contribution in [2.75, 3.05) is 13.1 Å². The van der Waals surface area contributed by atoms with E-state index >= 15 is 0 Å². The molecule has 32 heavy (non-hydrogen) atoms. The number of carbonyl (C=O) groups excluding carboxylic acids is 3. The van der Waals surface area contributed by atoms with Crippen LogP contribution in [0.5, 0.6) is 0 Å². The summed E-state index contributed by atoms with van der Waals surface area (Å²) in [5.41, 5.74) is 1.69. The lowest BCUT2D eigenvalue weighted by molar-refractivity contribution is -0.138. The van der Waals surface area contributed by atoms with Gasteiger partial charge in [0.2, 0.25) is 5.91 Å². The van der Waals surface area contributed by atoms with Crippen LogP contribution in [0.4, 0.5) is 0 Å². The van der Waals surface area contributed by atoms with Gasteiger partial charge in [-0.05, 0) is 42.9 Å². The first kappa shape index (κ1) is 20.7. The number of likely N-dealkylation sites (tertiary alicyclic amines) is 1. The SMILES string of the molecule is CC(C)CC(C(=O)N1C[C@H]2C[C@@H](C1)c1cccc(=O)n1C2)N1C(=O)c2ccccc2C1=O. The molecule has 3 aliphatic rings. The molecule has 2 aromatic rings. The van der Waals surface area contributed by atoms with Crippen LogP contribution in [0.1, 0.15) is 59.0 Å². The quantitative estimate of drug-likeness (QED) is 0.694. The van der Waals surface area contributed by atoms with E-state index in [0.717, 1.165) is 12.1 Å². The van der Waals surface area contributed by atoms with Gasteiger partial charge in [-0.15, -0.1) is 0 Å². The highest BCUT2D eigenvalue weighted by Crippen LogP contribution is 2.36. The number of nitrogens with zero attached hydrogens (tertiary/aromatic N) is 3. The predicted molar refractivity (Wildman–Crippen MR) is 118 cm³/mol. The lowest BCUT2D eigenvalue weighted by Crippen LogP contribution is -2.56. The fourth-order valence-corrected chi connectivity index (χ4v) is 5.54. The molecule has 7 nitrogen and oxygen atoms in total. The van der Waals surface area contributed by atoms with E-state index in [9.17, 15) is 19.2 Å². The van der Waals surface area contributed by atoms with E-state index in [0.29, 0.717) is 37.2 Å². The molecule has 5 rings (SSSR count). The number of benzene rings is 1. The van der Waals surface area contributed by atoms with Crippen molar-refractivity contribution >= 4 is 17.7 Å². The Bertz CT molecular complexity index is 1130. The summed E-state index contributed by atoms with van der Waals surface area (Å²) < 4.78 is 1.83. The van der Waals surface area contributed by atoms with E-state index in [1.165, 1.54) is 4.90 Å². The van der Waals surface area contributed by atoms with E-state index < -0.39 is 17.9 Å². The first-order valence-corrected chi connectivity index (χ1v) is 11.3. The molecule has 1 aromatic heterocycles. The molecule has 1 saturated heterocycles. The molecule has 166 valence electrons. The maximum atomic E-state index is 13.8. The Hall–Kier alpha value is -3.22. The molecule has 0 saturated carbocycles. The van der Waals surface area contributed by atoms with Gasteiger partial charge in [0.25, 0.3) is 17.4 Å². The summed E-state index contributed by atoms with van der Waals surface area (Å²) >= 11 is 0. The second-order valence-electron chi connectivity index (χ2n) is 9.61. The van der Waals surface area contributed by atoms with Gasteiger partial charge < -0.3 is 9.47 Å². The number of carbonyl (C=O) groups is 3. The summed E-state index contributed by atoms with van der Waals surface area (Å²) in [4.78, 5) is 55.3. The van der Waals surface area contributed by atoms with Crippen LogP contribution in [0.25, 0.3) is 0 Å². The van der Waals surface area contributed by atoms with Gasteiger partial charge in [-0.1, -0.05) is 32.0 Å². The maximum Gasteiger partial charge on any atom is 0.262 e. The largest absolute Gasteiger partial charge is 0.340 e. The third kappa shape index (κ3) is 3.27. The second-order valence-corrected chi connectivity index (χ2v) is 9.61. The Morgan fingerprint density at radius 1 is 0.938 bits per heavy atom. The Labute approximate surface area is 186 Å². The normalized spacial score (nSPS) is 22.7. The maximum absolute atomic E-state index is 13.8. The highest BCUT2D eigenvalue weighted by atomic mass is 16.2. The summed E-state index contributed by atoms with van der Waals surface area (Å²) in [5, 5.41) is 0. The monoisotopic (exact) mass is 433 g/mol. The predicted octanol–water partition coefficient (Wildman–Crippen LogP) is 2.50. The summed E-state index contributed by atoms with van der Waals surface area (Å²) in [7, 11) is 0. The van der Waals surface area contributed by atoms with Crippen molar-refractivity contribution in [2.45, 2.75) is 45.2 Å². The van der Waals surface area contributed by atoms with E-state index in [2.05, 4.69) is 0 Å². The Morgan fingerprint density at radius 3 is 2.28 bits per heavy atom. The van der Waals surface area contributed by atoms with Crippen LogP contribution < -0.4 is 5.56 Å². The third-order valence-electron chi connectivity index (χ3n) is 6.91. The molecule has 0 radical (unpaired) electrons. The van der Waals surface area contributed by atoms with Gasteiger partial charge in [0.1, 0.15) is 6.04 Å². The number of amides is 3. The van der Waals surface area contributed by atoms with Crippen molar-refractivity contribution in [1.82, 2.24) is 14.4 Å². The van der Waals surface area contributed by atoms with E-state index in [4.69, 9.17) is 0 Å². The number of fused-ring (bicyclic) bond motifs is 5. The van der Waals surface area contributed by atoms with Gasteiger partial charge >= 0.3 is 0 Å². The molecule has 2 bridgehead atoms. The summed E-state index contributed by atoms with van der Waals surface area (Å²) in [6, 6.07) is 11.3. The van der Waals surface area contributed by atoms with Crippen LogP contribution in [0.15, 0.2) is 47.3 Å². The average molecular weight is 434 g/mol. The fourth-order valence-electron chi connectivity index (χ4n) is 5.54. The van der Waals surface area contributed by atoms with Gasteiger partial charge in [0.05, 0.1) is 11.1 Å². The highest BCUT2D eigenvalue weighted by molar-refractivity contribution is 6.22. The zero-order valence-electron chi connectivity index (χ0n) is 18.4. The standard InChI is InChI=1S/C25H27N3O4/c1-15(2)10-21(28-23(30)18-6-3-4-7-19(18)24(28)31)25(32)26-12-16-11-17(14-26)20-8-5-9-22(29)27(20)13-16/h3-9,15-17,21H,10-14H2,1-2H3/t16-,17+,21?/m1/s1. The number of pyridine rings is 1. The van der Waals surface area contributed by atoms with Crippen molar-refractivity contribution in [2.24, 2.45) is 11.8 Å². The van der Waals surface area contributed by atoms with Crippen molar-refractivity contribution in [3.63, 3.8) is 0 Å². The minimum absolute atomic E-state index is 0.000635. The highest BCUT2D eigenvalue weighted by Gasteiger charge is 2.45. The molecule has 4 heterocycles. The van der Waals surface area contributed by atoms with E-state index in [-0.39, 0.29) is 29.2 Å². The molecule has 1 aromatic carbocycles. The van der Waals surface area contributed by atoms with Crippen LogP contribution in [0.2, 0.25) is 0 Å². The van der Waals surface area contributed by atoms with Crippen molar-refractivity contribution < 1.29 is 14.4 Å². The number of hydrogen-bond acceptors (Lipinski definition) is 4.